The molecule has 146 valence electrons. The second-order valence-corrected chi connectivity index (χ2v) is 7.97. The van der Waals surface area contributed by atoms with Crippen molar-refractivity contribution in [1.82, 2.24) is 4.90 Å². The number of aliphatic hydroxyl groups is 1. The monoisotopic (exact) mass is 395 g/mol. The minimum Gasteiger partial charge on any atom is -0.493 e. The van der Waals surface area contributed by atoms with E-state index in [1.165, 1.54) is 16.0 Å². The highest BCUT2D eigenvalue weighted by Crippen LogP contribution is 2.42. The van der Waals surface area contributed by atoms with Gasteiger partial charge in [-0.15, -0.1) is 11.3 Å². The van der Waals surface area contributed by atoms with E-state index in [0.717, 1.165) is 30.0 Å². The molecule has 0 unspecified atom stereocenters. The molecule has 0 amide bonds. The lowest BCUT2D eigenvalue weighted by molar-refractivity contribution is 0.0929. The van der Waals surface area contributed by atoms with Gasteiger partial charge in [0, 0.05) is 18.0 Å². The number of nitrogens with zero attached hydrogens (tertiary/aromatic N) is 1. The summed E-state index contributed by atoms with van der Waals surface area (Å²) in [6, 6.07) is 18.4. The molecule has 2 heterocycles. The zero-order chi connectivity index (χ0) is 19.5. The van der Waals surface area contributed by atoms with Crippen molar-refractivity contribution in [2.24, 2.45) is 0 Å². The van der Waals surface area contributed by atoms with Gasteiger partial charge in [-0.3, -0.25) is 4.90 Å². The minimum atomic E-state index is -0.523. The number of methoxy groups -OCH3 is 2. The number of hydrogen-bond donors (Lipinski definition) is 1. The fraction of sp³-hybridized carbons (Fsp3) is 0.304. The van der Waals surface area contributed by atoms with Gasteiger partial charge in [0.25, 0.3) is 0 Å². The molecule has 4 nitrogen and oxygen atoms in total. The van der Waals surface area contributed by atoms with E-state index in [1.54, 1.807) is 25.6 Å². The van der Waals surface area contributed by atoms with Crippen LogP contribution in [-0.4, -0.2) is 37.3 Å². The molecule has 0 bridgehead atoms. The molecular formula is C23H25NO3S. The summed E-state index contributed by atoms with van der Waals surface area (Å²) in [6.07, 6.45) is 0.393. The Bertz CT molecular complexity index is 911. The number of ether oxygens (including phenoxy) is 2. The molecule has 4 rings (SSSR count). The molecule has 1 aliphatic rings. The quantitative estimate of drug-likeness (QED) is 0.670. The topological polar surface area (TPSA) is 41.9 Å². The summed E-state index contributed by atoms with van der Waals surface area (Å²) < 4.78 is 11.1. The van der Waals surface area contributed by atoms with Crippen molar-refractivity contribution in [2.45, 2.75) is 18.6 Å². The summed E-state index contributed by atoms with van der Waals surface area (Å²) in [7, 11) is 3.34. The first kappa shape index (κ1) is 19.0. The average Bonchev–Trinajstić information content (AvgIpc) is 3.27. The highest BCUT2D eigenvalue weighted by Gasteiger charge is 2.32. The minimum absolute atomic E-state index is 0.0990. The van der Waals surface area contributed by atoms with Crippen molar-refractivity contribution in [3.63, 3.8) is 0 Å². The maximum absolute atomic E-state index is 10.8. The lowest BCUT2D eigenvalue weighted by Gasteiger charge is -2.38. The van der Waals surface area contributed by atoms with E-state index in [-0.39, 0.29) is 6.04 Å². The van der Waals surface area contributed by atoms with E-state index in [1.807, 2.05) is 30.3 Å². The third kappa shape index (κ3) is 3.65. The highest BCUT2D eigenvalue weighted by molar-refractivity contribution is 7.10. The van der Waals surface area contributed by atoms with Crippen LogP contribution in [0.4, 0.5) is 0 Å². The van der Waals surface area contributed by atoms with E-state index in [9.17, 15) is 5.11 Å². The number of rotatable bonds is 6. The van der Waals surface area contributed by atoms with Gasteiger partial charge in [-0.25, -0.2) is 0 Å². The molecule has 2 aromatic carbocycles. The number of β-amino-alcohol motifs (C(OH)–C–C–N with tert-alkyl or cyclic N) is 1. The van der Waals surface area contributed by atoms with Crippen molar-refractivity contribution >= 4 is 11.3 Å². The van der Waals surface area contributed by atoms with E-state index < -0.39 is 6.10 Å². The van der Waals surface area contributed by atoms with Crippen molar-refractivity contribution in [1.29, 1.82) is 0 Å². The van der Waals surface area contributed by atoms with Crippen LogP contribution < -0.4 is 9.47 Å². The van der Waals surface area contributed by atoms with Crippen LogP contribution in [0, 0.1) is 0 Å². The molecule has 1 aromatic heterocycles. The van der Waals surface area contributed by atoms with Crippen molar-refractivity contribution in [3.05, 3.63) is 81.5 Å². The largest absolute Gasteiger partial charge is 0.493 e. The fourth-order valence-electron chi connectivity index (χ4n) is 3.98. The lowest BCUT2D eigenvalue weighted by atomic mass is 9.90. The van der Waals surface area contributed by atoms with Crippen LogP contribution in [-0.2, 0) is 6.42 Å². The van der Waals surface area contributed by atoms with Gasteiger partial charge in [0.05, 0.1) is 26.4 Å². The fourth-order valence-corrected chi connectivity index (χ4v) is 4.85. The molecule has 0 spiro atoms. The zero-order valence-electron chi connectivity index (χ0n) is 16.2. The number of benzene rings is 2. The molecule has 0 radical (unpaired) electrons. The molecule has 0 saturated heterocycles. The molecule has 2 atom stereocenters. The first-order valence-electron chi connectivity index (χ1n) is 9.46. The summed E-state index contributed by atoms with van der Waals surface area (Å²) >= 11 is 1.75. The average molecular weight is 396 g/mol. The normalized spacial score (nSPS) is 17.8. The molecule has 1 aliphatic heterocycles. The Morgan fingerprint density at radius 2 is 1.82 bits per heavy atom. The summed E-state index contributed by atoms with van der Waals surface area (Å²) in [5.41, 5.74) is 3.46. The molecule has 3 aromatic rings. The van der Waals surface area contributed by atoms with Crippen LogP contribution in [0.5, 0.6) is 11.5 Å². The second-order valence-electron chi connectivity index (χ2n) is 7.00. The zero-order valence-corrected chi connectivity index (χ0v) is 17.0. The smallest absolute Gasteiger partial charge is 0.161 e. The van der Waals surface area contributed by atoms with Crippen LogP contribution in [0.25, 0.3) is 0 Å². The van der Waals surface area contributed by atoms with Crippen molar-refractivity contribution in [2.75, 3.05) is 27.3 Å². The van der Waals surface area contributed by atoms with Crippen LogP contribution in [0.2, 0.25) is 0 Å². The first-order valence-corrected chi connectivity index (χ1v) is 10.3. The molecule has 0 aliphatic carbocycles. The second kappa shape index (κ2) is 8.35. The summed E-state index contributed by atoms with van der Waals surface area (Å²) in [5.74, 6) is 1.51. The van der Waals surface area contributed by atoms with Gasteiger partial charge in [-0.05, 0) is 46.7 Å². The van der Waals surface area contributed by atoms with Gasteiger partial charge in [-0.2, -0.15) is 0 Å². The molecule has 0 fully saturated rings. The Kier molecular flexibility index (Phi) is 5.67. The van der Waals surface area contributed by atoms with Gasteiger partial charge >= 0.3 is 0 Å². The number of aliphatic hydroxyl groups excluding tert-OH is 1. The third-order valence-electron chi connectivity index (χ3n) is 5.38. The van der Waals surface area contributed by atoms with E-state index in [0.29, 0.717) is 6.54 Å². The SMILES string of the molecule is COc1cc2c(cc1OC)[C@@H](c1cccs1)N(C[C@H](O)c1ccccc1)CC2. The maximum Gasteiger partial charge on any atom is 0.161 e. The molecule has 5 heteroatoms. The van der Waals surface area contributed by atoms with E-state index in [2.05, 4.69) is 34.5 Å². The molecule has 0 saturated carbocycles. The Morgan fingerprint density at radius 3 is 2.50 bits per heavy atom. The van der Waals surface area contributed by atoms with Crippen LogP contribution in [0.15, 0.2) is 60.0 Å². The molecule has 1 N–H and O–H groups in total. The Morgan fingerprint density at radius 1 is 1.07 bits per heavy atom. The van der Waals surface area contributed by atoms with Crippen LogP contribution in [0.1, 0.15) is 33.7 Å². The van der Waals surface area contributed by atoms with Crippen molar-refractivity contribution < 1.29 is 14.6 Å². The molecular weight excluding hydrogens is 370 g/mol. The van der Waals surface area contributed by atoms with Crippen LogP contribution >= 0.6 is 11.3 Å². The van der Waals surface area contributed by atoms with Crippen LogP contribution in [0.3, 0.4) is 0 Å². The highest BCUT2D eigenvalue weighted by atomic mass is 32.1. The Balaban J connectivity index is 1.71. The van der Waals surface area contributed by atoms with E-state index in [4.69, 9.17) is 9.47 Å². The number of hydrogen-bond acceptors (Lipinski definition) is 5. The predicted octanol–water partition coefficient (Wildman–Crippen LogP) is 4.45. The number of thiophene rings is 1. The Hall–Kier alpha value is -2.34. The van der Waals surface area contributed by atoms with Gasteiger partial charge in [0.15, 0.2) is 11.5 Å². The van der Waals surface area contributed by atoms with Gasteiger partial charge in [-0.1, -0.05) is 36.4 Å². The molecule has 28 heavy (non-hydrogen) atoms. The van der Waals surface area contributed by atoms with Gasteiger partial charge in [0.2, 0.25) is 0 Å². The number of fused-ring (bicyclic) bond motifs is 1. The first-order chi connectivity index (χ1) is 13.7. The van der Waals surface area contributed by atoms with Crippen molar-refractivity contribution in [3.8, 4) is 11.5 Å². The lowest BCUT2D eigenvalue weighted by Crippen LogP contribution is -2.38. The summed E-state index contributed by atoms with van der Waals surface area (Å²) in [4.78, 5) is 3.64. The predicted molar refractivity (Wildman–Crippen MR) is 112 cm³/mol. The van der Waals surface area contributed by atoms with Gasteiger partial charge < -0.3 is 14.6 Å². The summed E-state index contributed by atoms with van der Waals surface area (Å²) in [6.45, 7) is 1.47. The van der Waals surface area contributed by atoms with E-state index >= 15 is 0 Å². The maximum atomic E-state index is 10.8. The third-order valence-corrected chi connectivity index (χ3v) is 6.30. The standard InChI is InChI=1S/C23H25NO3S/c1-26-20-13-17-10-11-24(15-19(25)16-7-4-3-5-8-16)23(22-9-6-12-28-22)18(17)14-21(20)27-2/h3-9,12-14,19,23,25H,10-11,15H2,1-2H3/t19-,23-/m0/s1. The Labute approximate surface area is 170 Å². The summed E-state index contributed by atoms with van der Waals surface area (Å²) in [5, 5.41) is 12.9. The van der Waals surface area contributed by atoms with Gasteiger partial charge in [0.1, 0.15) is 0 Å².